The number of hydrogen-bond donors (Lipinski definition) is 1. The Bertz CT molecular complexity index is 1250. The molecule has 0 fully saturated rings. The maximum absolute atomic E-state index is 12.5. The minimum atomic E-state index is -0.317. The van der Waals surface area contributed by atoms with Gasteiger partial charge < -0.3 is 19.2 Å². The van der Waals surface area contributed by atoms with Crippen LogP contribution in [-0.2, 0) is 0 Å². The average molecular weight is 388 g/mol. The van der Waals surface area contributed by atoms with E-state index >= 15 is 0 Å². The number of nitrogens with zero attached hydrogens (tertiary/aromatic N) is 2. The minimum Gasteiger partial charge on any atom is -0.497 e. The molecule has 0 saturated heterocycles. The Balaban J connectivity index is 2.02. The molecule has 6 heteroatoms. The first-order valence-electron chi connectivity index (χ1n) is 9.07. The quantitative estimate of drug-likeness (QED) is 0.230. The summed E-state index contributed by atoms with van der Waals surface area (Å²) in [4.78, 5) is 12.5. The molecule has 0 saturated carbocycles. The van der Waals surface area contributed by atoms with Crippen molar-refractivity contribution in [3.8, 4) is 17.2 Å². The molecule has 1 aromatic heterocycles. The van der Waals surface area contributed by atoms with Gasteiger partial charge in [-0.25, -0.2) is 0 Å². The molecule has 0 aliphatic rings. The first kappa shape index (κ1) is 18.6. The van der Waals surface area contributed by atoms with Gasteiger partial charge in [0, 0.05) is 22.0 Å². The number of oxime groups is 1. The Kier molecular flexibility index (Phi) is 4.68. The molecular weight excluding hydrogens is 368 g/mol. The third-order valence-electron chi connectivity index (χ3n) is 5.04. The fraction of sp³-hybridized carbons (Fsp3) is 0.130. The van der Waals surface area contributed by atoms with Gasteiger partial charge in [0.15, 0.2) is 0 Å². The van der Waals surface area contributed by atoms with Gasteiger partial charge in [-0.15, -0.1) is 0 Å². The number of aromatic nitrogens is 1. The van der Waals surface area contributed by atoms with Crippen LogP contribution in [0.5, 0.6) is 11.5 Å². The van der Waals surface area contributed by atoms with Crippen molar-refractivity contribution in [3.63, 3.8) is 0 Å². The fourth-order valence-corrected chi connectivity index (χ4v) is 3.53. The van der Waals surface area contributed by atoms with Crippen molar-refractivity contribution < 1.29 is 19.5 Å². The van der Waals surface area contributed by atoms with Crippen LogP contribution in [0.4, 0.5) is 0 Å². The van der Waals surface area contributed by atoms with Crippen LogP contribution < -0.4 is 9.47 Å². The van der Waals surface area contributed by atoms with Crippen LogP contribution in [0.3, 0.4) is 0 Å². The zero-order chi connectivity index (χ0) is 20.5. The number of carbonyl (C=O) groups is 1. The predicted molar refractivity (Wildman–Crippen MR) is 113 cm³/mol. The number of benzene rings is 3. The molecule has 0 atom stereocenters. The zero-order valence-corrected chi connectivity index (χ0v) is 16.3. The first-order chi connectivity index (χ1) is 14.1. The molecule has 6 nitrogen and oxygen atoms in total. The lowest BCUT2D eigenvalue weighted by atomic mass is 10.0. The Morgan fingerprint density at radius 2 is 1.45 bits per heavy atom. The van der Waals surface area contributed by atoms with Crippen LogP contribution in [0, 0.1) is 0 Å². The molecule has 0 spiro atoms. The summed E-state index contributed by atoms with van der Waals surface area (Å²) < 4.78 is 12.8. The molecule has 0 radical (unpaired) electrons. The van der Waals surface area contributed by atoms with E-state index in [1.54, 1.807) is 20.3 Å². The van der Waals surface area contributed by atoms with Gasteiger partial charge in [-0.3, -0.25) is 4.79 Å². The van der Waals surface area contributed by atoms with Crippen LogP contribution in [0.1, 0.15) is 17.3 Å². The highest BCUT2D eigenvalue weighted by atomic mass is 16.5. The van der Waals surface area contributed by atoms with Crippen molar-refractivity contribution >= 4 is 33.3 Å². The normalized spacial score (nSPS) is 11.8. The van der Waals surface area contributed by atoms with E-state index < -0.39 is 0 Å². The lowest BCUT2D eigenvalue weighted by molar-refractivity contribution is 0.106. The van der Waals surface area contributed by atoms with Crippen molar-refractivity contribution in [2.75, 3.05) is 14.2 Å². The third-order valence-corrected chi connectivity index (χ3v) is 5.04. The van der Waals surface area contributed by atoms with Gasteiger partial charge in [-0.05, 0) is 67.6 Å². The Labute approximate surface area is 167 Å². The van der Waals surface area contributed by atoms with Crippen molar-refractivity contribution in [3.05, 3.63) is 66.2 Å². The van der Waals surface area contributed by atoms with Crippen LogP contribution in [0.2, 0.25) is 0 Å². The van der Waals surface area contributed by atoms with E-state index in [1.807, 2.05) is 54.6 Å². The second kappa shape index (κ2) is 7.31. The molecule has 3 aromatic carbocycles. The molecule has 0 aliphatic heterocycles. The number of Topliss-reactive ketones (excluding diaryl/α,β-unsaturated/α-hetero) is 1. The average Bonchev–Trinajstić information content (AvgIpc) is 3.10. The van der Waals surface area contributed by atoms with Crippen molar-refractivity contribution in [1.82, 2.24) is 4.57 Å². The first-order valence-corrected chi connectivity index (χ1v) is 9.07. The molecule has 4 aromatic rings. The monoisotopic (exact) mass is 388 g/mol. The second-order valence-electron chi connectivity index (χ2n) is 6.66. The minimum absolute atomic E-state index is 0.0424. The number of rotatable bonds is 5. The van der Waals surface area contributed by atoms with Gasteiger partial charge >= 0.3 is 0 Å². The SMILES string of the molecule is COc1ccc(-n2c3ccc(OC)cc3c3cc(C(=O)C(C)=NO)ccc32)cc1. The lowest BCUT2D eigenvalue weighted by Crippen LogP contribution is -2.10. The van der Waals surface area contributed by atoms with Gasteiger partial charge in [0.25, 0.3) is 0 Å². The highest BCUT2D eigenvalue weighted by molar-refractivity contribution is 6.45. The Morgan fingerprint density at radius 1 is 0.862 bits per heavy atom. The van der Waals surface area contributed by atoms with E-state index in [0.29, 0.717) is 5.56 Å². The molecule has 0 bridgehead atoms. The summed E-state index contributed by atoms with van der Waals surface area (Å²) in [6.45, 7) is 1.48. The van der Waals surface area contributed by atoms with E-state index in [4.69, 9.17) is 14.7 Å². The van der Waals surface area contributed by atoms with E-state index in [-0.39, 0.29) is 11.5 Å². The van der Waals surface area contributed by atoms with Crippen LogP contribution >= 0.6 is 0 Å². The van der Waals surface area contributed by atoms with Gasteiger partial charge in [-0.2, -0.15) is 0 Å². The van der Waals surface area contributed by atoms with E-state index in [0.717, 1.165) is 39.0 Å². The number of carbonyl (C=O) groups excluding carboxylic acids is 1. The molecule has 1 N–H and O–H groups in total. The van der Waals surface area contributed by atoms with Crippen molar-refractivity contribution in [1.29, 1.82) is 0 Å². The maximum atomic E-state index is 12.5. The second-order valence-corrected chi connectivity index (χ2v) is 6.66. The van der Waals surface area contributed by atoms with E-state index in [9.17, 15) is 4.79 Å². The van der Waals surface area contributed by atoms with Crippen LogP contribution in [0.15, 0.2) is 65.8 Å². The zero-order valence-electron chi connectivity index (χ0n) is 16.3. The summed E-state index contributed by atoms with van der Waals surface area (Å²) in [7, 11) is 3.26. The number of hydrogen-bond acceptors (Lipinski definition) is 5. The predicted octanol–water partition coefficient (Wildman–Crippen LogP) is 4.83. The molecule has 29 heavy (non-hydrogen) atoms. The largest absolute Gasteiger partial charge is 0.497 e. The van der Waals surface area contributed by atoms with Crippen molar-refractivity contribution in [2.24, 2.45) is 5.16 Å². The third kappa shape index (κ3) is 3.08. The van der Waals surface area contributed by atoms with Crippen LogP contribution in [-0.4, -0.2) is 35.5 Å². The Hall–Kier alpha value is -3.80. The summed E-state index contributed by atoms with van der Waals surface area (Å²) >= 11 is 0. The number of fused-ring (bicyclic) bond motifs is 3. The Morgan fingerprint density at radius 3 is 2.07 bits per heavy atom. The molecule has 1 heterocycles. The van der Waals surface area contributed by atoms with Gasteiger partial charge in [-0.1, -0.05) is 5.16 Å². The van der Waals surface area contributed by atoms with Crippen molar-refractivity contribution in [2.45, 2.75) is 6.92 Å². The van der Waals surface area contributed by atoms with Gasteiger partial charge in [0.05, 0.1) is 25.3 Å². The van der Waals surface area contributed by atoms with E-state index in [2.05, 4.69) is 9.72 Å². The molecule has 4 rings (SSSR count). The molecule has 0 amide bonds. The molecule has 0 unspecified atom stereocenters. The summed E-state index contributed by atoms with van der Waals surface area (Å²) in [5.41, 5.74) is 3.42. The molecule has 146 valence electrons. The number of methoxy groups -OCH3 is 2. The lowest BCUT2D eigenvalue weighted by Gasteiger charge is -2.09. The van der Waals surface area contributed by atoms with E-state index in [1.165, 1.54) is 6.92 Å². The molecular formula is C23H20N2O4. The highest BCUT2D eigenvalue weighted by Gasteiger charge is 2.17. The fourth-order valence-electron chi connectivity index (χ4n) is 3.53. The summed E-state index contributed by atoms with van der Waals surface area (Å²) in [5.74, 6) is 1.20. The smallest absolute Gasteiger partial charge is 0.210 e. The highest BCUT2D eigenvalue weighted by Crippen LogP contribution is 2.35. The maximum Gasteiger partial charge on any atom is 0.210 e. The number of ketones is 1. The van der Waals surface area contributed by atoms with Crippen LogP contribution in [0.25, 0.3) is 27.5 Å². The standard InChI is InChI=1S/C23H20N2O4/c1-14(24-27)23(26)15-4-10-21-19(12-15)20-13-18(29-3)9-11-22(20)25(21)16-5-7-17(28-2)8-6-16/h4-13,27H,1-3H3. The number of ether oxygens (including phenoxy) is 2. The summed E-state index contributed by atoms with van der Waals surface area (Å²) in [6, 6.07) is 19.2. The van der Waals surface area contributed by atoms with Gasteiger partial charge in [0.2, 0.25) is 5.78 Å². The van der Waals surface area contributed by atoms with Gasteiger partial charge in [0.1, 0.15) is 17.2 Å². The summed E-state index contributed by atoms with van der Waals surface area (Å²) in [5, 5.41) is 13.9. The topological polar surface area (TPSA) is 73.0 Å². The summed E-state index contributed by atoms with van der Waals surface area (Å²) in [6.07, 6.45) is 0. The molecule has 0 aliphatic carbocycles.